The molecule has 0 amide bonds. The molecule has 4 bridgehead atoms. The van der Waals surface area contributed by atoms with E-state index in [1.807, 2.05) is 0 Å². The summed E-state index contributed by atoms with van der Waals surface area (Å²) in [5, 5.41) is 0. The molecule has 0 heterocycles. The molecule has 4 aliphatic rings. The Hall–Kier alpha value is -0.330. The molecule has 0 N–H and O–H groups in total. The SMILES string of the molecule is CC1(C)[C@H]2[C@@H]3C[C@]1(C)C(=O)[C@H]32. The summed E-state index contributed by atoms with van der Waals surface area (Å²) in [7, 11) is 0. The Morgan fingerprint density at radius 1 is 1.36 bits per heavy atom. The smallest absolute Gasteiger partial charge is 0.142 e. The lowest BCUT2D eigenvalue weighted by atomic mass is 9.70. The molecule has 4 saturated carbocycles. The topological polar surface area (TPSA) is 17.1 Å². The zero-order valence-electron chi connectivity index (χ0n) is 7.35. The molecular weight excluding hydrogens is 136 g/mol. The van der Waals surface area contributed by atoms with Crippen LogP contribution >= 0.6 is 0 Å². The number of hydrogen-bond acceptors (Lipinski definition) is 1. The fourth-order valence-corrected chi connectivity index (χ4v) is 3.86. The molecule has 1 nitrogen and oxygen atoms in total. The lowest BCUT2D eigenvalue weighted by Gasteiger charge is -2.32. The maximum Gasteiger partial charge on any atom is 0.142 e. The van der Waals surface area contributed by atoms with Crippen molar-refractivity contribution in [1.29, 1.82) is 0 Å². The number of carbonyl (C=O) groups excluding carboxylic acids is 1. The van der Waals surface area contributed by atoms with Gasteiger partial charge in [0.15, 0.2) is 0 Å². The van der Waals surface area contributed by atoms with Crippen molar-refractivity contribution >= 4 is 5.78 Å². The first-order valence-electron chi connectivity index (χ1n) is 4.54. The fourth-order valence-electron chi connectivity index (χ4n) is 3.86. The Labute approximate surface area is 67.2 Å². The van der Waals surface area contributed by atoms with Crippen molar-refractivity contribution < 1.29 is 4.79 Å². The summed E-state index contributed by atoms with van der Waals surface area (Å²) in [4.78, 5) is 11.7. The third-order valence-corrected chi connectivity index (χ3v) is 4.91. The molecule has 60 valence electrons. The highest BCUT2D eigenvalue weighted by molar-refractivity contribution is 5.97. The van der Waals surface area contributed by atoms with Crippen LogP contribution in [-0.2, 0) is 4.79 Å². The first-order valence-corrected chi connectivity index (χ1v) is 4.54. The van der Waals surface area contributed by atoms with Gasteiger partial charge >= 0.3 is 0 Å². The van der Waals surface area contributed by atoms with E-state index in [2.05, 4.69) is 20.8 Å². The summed E-state index contributed by atoms with van der Waals surface area (Å²) in [5.74, 6) is 2.63. The highest BCUT2D eigenvalue weighted by Gasteiger charge is 2.82. The van der Waals surface area contributed by atoms with Crippen LogP contribution in [0.4, 0.5) is 0 Å². The highest BCUT2D eigenvalue weighted by Crippen LogP contribution is 2.81. The molecule has 0 aromatic heterocycles. The van der Waals surface area contributed by atoms with Crippen molar-refractivity contribution in [2.45, 2.75) is 27.2 Å². The average Bonchev–Trinajstić information content (AvgIpc) is 2.43. The molecule has 1 heteroatoms. The van der Waals surface area contributed by atoms with Crippen molar-refractivity contribution in [3.8, 4) is 0 Å². The number of ketones is 1. The largest absolute Gasteiger partial charge is 0.299 e. The summed E-state index contributed by atoms with van der Waals surface area (Å²) in [6.45, 7) is 6.74. The van der Waals surface area contributed by atoms with Gasteiger partial charge in [-0.2, -0.15) is 0 Å². The summed E-state index contributed by atoms with van der Waals surface area (Å²) < 4.78 is 0. The molecule has 4 fully saturated rings. The van der Waals surface area contributed by atoms with Gasteiger partial charge in [0.1, 0.15) is 5.78 Å². The highest BCUT2D eigenvalue weighted by atomic mass is 16.1. The Kier molecular flexibility index (Phi) is 0.675. The molecule has 0 spiro atoms. The van der Waals surface area contributed by atoms with E-state index in [1.165, 1.54) is 6.42 Å². The minimum Gasteiger partial charge on any atom is -0.299 e. The Morgan fingerprint density at radius 3 is 2.09 bits per heavy atom. The minimum absolute atomic E-state index is 0.0625. The van der Waals surface area contributed by atoms with Gasteiger partial charge < -0.3 is 0 Å². The summed E-state index contributed by atoms with van der Waals surface area (Å²) in [6, 6.07) is 0. The zero-order valence-corrected chi connectivity index (χ0v) is 7.35. The molecule has 0 aromatic rings. The van der Waals surface area contributed by atoms with Crippen LogP contribution in [0.1, 0.15) is 27.2 Å². The zero-order chi connectivity index (χ0) is 8.02. The van der Waals surface area contributed by atoms with Gasteiger partial charge in [0, 0.05) is 11.3 Å². The lowest BCUT2D eigenvalue weighted by Crippen LogP contribution is -2.32. The predicted molar refractivity (Wildman–Crippen MR) is 42.0 cm³/mol. The van der Waals surface area contributed by atoms with E-state index in [1.54, 1.807) is 0 Å². The normalized spacial score (nSPS) is 62.1. The second-order valence-electron chi connectivity index (χ2n) is 5.34. The quantitative estimate of drug-likeness (QED) is 0.515. The van der Waals surface area contributed by atoms with E-state index in [0.717, 1.165) is 11.8 Å². The molecule has 0 saturated heterocycles. The molecule has 11 heavy (non-hydrogen) atoms. The van der Waals surface area contributed by atoms with Gasteiger partial charge in [0.05, 0.1) is 0 Å². The number of carbonyl (C=O) groups is 1. The van der Waals surface area contributed by atoms with E-state index in [0.29, 0.717) is 17.1 Å². The van der Waals surface area contributed by atoms with Gasteiger partial charge in [0.25, 0.3) is 0 Å². The summed E-state index contributed by atoms with van der Waals surface area (Å²) in [5.41, 5.74) is 0.381. The monoisotopic (exact) mass is 150 g/mol. The Morgan fingerprint density at radius 2 is 2.00 bits per heavy atom. The van der Waals surface area contributed by atoms with Gasteiger partial charge in [-0.1, -0.05) is 20.8 Å². The van der Waals surface area contributed by atoms with Gasteiger partial charge in [0.2, 0.25) is 0 Å². The molecule has 0 aromatic carbocycles. The second-order valence-corrected chi connectivity index (χ2v) is 5.34. The van der Waals surface area contributed by atoms with Crippen LogP contribution in [0.2, 0.25) is 0 Å². The predicted octanol–water partition coefficient (Wildman–Crippen LogP) is 1.87. The maximum atomic E-state index is 11.7. The van der Waals surface area contributed by atoms with Crippen molar-refractivity contribution in [2.24, 2.45) is 28.6 Å². The third kappa shape index (κ3) is 0.361. The van der Waals surface area contributed by atoms with Crippen LogP contribution < -0.4 is 0 Å². The van der Waals surface area contributed by atoms with Crippen LogP contribution in [0.5, 0.6) is 0 Å². The third-order valence-electron chi connectivity index (χ3n) is 4.91. The minimum atomic E-state index is 0.0625. The number of hydrogen-bond donors (Lipinski definition) is 0. The molecule has 0 aliphatic heterocycles. The van der Waals surface area contributed by atoms with E-state index in [-0.39, 0.29) is 5.41 Å². The van der Waals surface area contributed by atoms with E-state index >= 15 is 0 Å². The molecule has 0 unspecified atom stereocenters. The van der Waals surface area contributed by atoms with Crippen LogP contribution in [0.15, 0.2) is 0 Å². The number of rotatable bonds is 0. The first kappa shape index (κ1) is 6.22. The molecule has 4 aliphatic carbocycles. The van der Waals surface area contributed by atoms with Crippen LogP contribution in [-0.4, -0.2) is 5.78 Å². The first-order chi connectivity index (χ1) is 5.00. The average molecular weight is 150 g/mol. The summed E-state index contributed by atoms with van der Waals surface area (Å²) in [6.07, 6.45) is 1.19. The molecule has 0 radical (unpaired) electrons. The van der Waals surface area contributed by atoms with E-state index in [9.17, 15) is 4.79 Å². The molecular formula is C10H14O. The van der Waals surface area contributed by atoms with E-state index < -0.39 is 0 Å². The fraction of sp³-hybridized carbons (Fsp3) is 0.900. The van der Waals surface area contributed by atoms with Gasteiger partial charge in [-0.05, 0) is 23.7 Å². The van der Waals surface area contributed by atoms with Crippen molar-refractivity contribution in [3.63, 3.8) is 0 Å². The molecule has 4 rings (SSSR count). The Balaban J connectivity index is 2.23. The Bertz CT molecular complexity index is 266. The standard InChI is InChI=1S/C10H14O/c1-9(2)7-5-4-10(9,3)8(11)6(5)7/h5-7H,4H2,1-3H3/t5-,6-,7+,10-/m1/s1. The van der Waals surface area contributed by atoms with Crippen LogP contribution in [0.25, 0.3) is 0 Å². The summed E-state index contributed by atoms with van der Waals surface area (Å²) >= 11 is 0. The van der Waals surface area contributed by atoms with Crippen LogP contribution in [0.3, 0.4) is 0 Å². The van der Waals surface area contributed by atoms with Crippen molar-refractivity contribution in [2.75, 3.05) is 0 Å². The second kappa shape index (κ2) is 1.19. The van der Waals surface area contributed by atoms with Gasteiger partial charge in [-0.15, -0.1) is 0 Å². The maximum absolute atomic E-state index is 11.7. The van der Waals surface area contributed by atoms with Crippen LogP contribution in [0, 0.1) is 28.6 Å². The van der Waals surface area contributed by atoms with Gasteiger partial charge in [-0.3, -0.25) is 4.79 Å². The van der Waals surface area contributed by atoms with Crippen molar-refractivity contribution in [3.05, 3.63) is 0 Å². The van der Waals surface area contributed by atoms with Crippen molar-refractivity contribution in [1.82, 2.24) is 0 Å². The lowest BCUT2D eigenvalue weighted by molar-refractivity contribution is -0.127. The number of Topliss-reactive ketones (excluding diaryl/α,β-unsaturated/α-hetero) is 1. The van der Waals surface area contributed by atoms with Gasteiger partial charge in [-0.25, -0.2) is 0 Å². The van der Waals surface area contributed by atoms with E-state index in [4.69, 9.17) is 0 Å². The molecule has 4 atom stereocenters.